The normalized spacial score (nSPS) is 16.4. The number of nitrogens with one attached hydrogen (secondary N) is 1. The van der Waals surface area contributed by atoms with Gasteiger partial charge in [-0.15, -0.1) is 0 Å². The number of aromatic amines is 1. The average molecular weight is 529 g/mol. The number of hydrogen-bond acceptors (Lipinski definition) is 6. The van der Waals surface area contributed by atoms with E-state index in [2.05, 4.69) is 21.9 Å². The number of piperazine rings is 1. The van der Waals surface area contributed by atoms with Crippen LogP contribution >= 0.6 is 0 Å². The van der Waals surface area contributed by atoms with Gasteiger partial charge < -0.3 is 9.88 Å². The quantitative estimate of drug-likeness (QED) is 0.358. The predicted molar refractivity (Wildman–Crippen MR) is 147 cm³/mol. The van der Waals surface area contributed by atoms with Gasteiger partial charge in [0.1, 0.15) is 11.2 Å². The predicted octanol–water partition coefficient (Wildman–Crippen LogP) is 3.85. The largest absolute Gasteiger partial charge is 0.308 e. The van der Waals surface area contributed by atoms with Crippen molar-refractivity contribution in [3.8, 4) is 0 Å². The molecule has 9 nitrogen and oxygen atoms in total. The van der Waals surface area contributed by atoms with Gasteiger partial charge in [0, 0.05) is 32.7 Å². The Balaban J connectivity index is 1.67. The summed E-state index contributed by atoms with van der Waals surface area (Å²) in [7, 11) is -1.85. The first kappa shape index (κ1) is 27.5. The number of hydrogen-bond donors (Lipinski definition) is 1. The Morgan fingerprint density at radius 1 is 0.973 bits per heavy atom. The van der Waals surface area contributed by atoms with E-state index in [1.807, 2.05) is 25.2 Å². The second kappa shape index (κ2) is 12.3. The highest BCUT2D eigenvalue weighted by Crippen LogP contribution is 2.31. The Bertz CT molecular complexity index is 1330. The number of aromatic nitrogens is 4. The maximum absolute atomic E-state index is 14.0. The minimum atomic E-state index is -3.83. The lowest BCUT2D eigenvalue weighted by Crippen LogP contribution is -2.48. The Morgan fingerprint density at radius 3 is 2.30 bits per heavy atom. The van der Waals surface area contributed by atoms with Crippen LogP contribution in [-0.2, 0) is 16.6 Å². The molecule has 1 N–H and O–H groups in total. The lowest BCUT2D eigenvalue weighted by molar-refractivity contribution is 0.221. The van der Waals surface area contributed by atoms with Crippen LogP contribution in [0.4, 0.5) is 0 Å². The molecular weight excluding hydrogens is 488 g/mol. The van der Waals surface area contributed by atoms with Crippen molar-refractivity contribution in [1.29, 1.82) is 0 Å². The molecule has 0 bridgehead atoms. The monoisotopic (exact) mass is 528 g/mol. The van der Waals surface area contributed by atoms with E-state index in [-0.39, 0.29) is 11.4 Å². The number of sulfonamides is 1. The standard InChI is InChI=1S/C27H40N6O3S/c1-4-5-6-7-8-9-13-16-33-26-23(21(2)30-33)27(34)29-25(28-26)24(22-14-11-10-12-15-22)37(35,36)32-19-17-31(3)18-20-32/h10-12,14-15,24H,4-9,13,16-20H2,1-3H3,(H,28,29,34). The number of likely N-dealkylation sites (N-methyl/N-ethyl adjacent to an activating group) is 1. The van der Waals surface area contributed by atoms with Gasteiger partial charge in [-0.3, -0.25) is 4.79 Å². The summed E-state index contributed by atoms with van der Waals surface area (Å²) >= 11 is 0. The molecule has 1 aliphatic heterocycles. The molecule has 2 aromatic heterocycles. The van der Waals surface area contributed by atoms with Gasteiger partial charge in [0.05, 0.1) is 5.69 Å². The van der Waals surface area contributed by atoms with E-state index in [1.54, 1.807) is 23.7 Å². The smallest absolute Gasteiger partial charge is 0.262 e. The van der Waals surface area contributed by atoms with E-state index in [0.29, 0.717) is 55.0 Å². The first-order chi connectivity index (χ1) is 17.8. The number of benzene rings is 1. The molecule has 1 fully saturated rings. The molecule has 202 valence electrons. The molecule has 0 aliphatic carbocycles. The van der Waals surface area contributed by atoms with Crippen LogP contribution in [0.3, 0.4) is 0 Å². The van der Waals surface area contributed by atoms with Crippen LogP contribution < -0.4 is 5.56 Å². The molecular formula is C27H40N6O3S. The van der Waals surface area contributed by atoms with E-state index in [1.165, 1.54) is 36.4 Å². The van der Waals surface area contributed by atoms with Gasteiger partial charge in [0.2, 0.25) is 10.0 Å². The highest BCUT2D eigenvalue weighted by molar-refractivity contribution is 7.89. The Labute approximate surface area is 219 Å². The molecule has 10 heteroatoms. The number of unbranched alkanes of at least 4 members (excludes halogenated alkanes) is 6. The highest BCUT2D eigenvalue weighted by atomic mass is 32.2. The maximum atomic E-state index is 14.0. The maximum Gasteiger partial charge on any atom is 0.262 e. The van der Waals surface area contributed by atoms with Crippen molar-refractivity contribution >= 4 is 21.1 Å². The van der Waals surface area contributed by atoms with Crippen molar-refractivity contribution in [2.45, 2.75) is 70.6 Å². The molecule has 4 rings (SSSR count). The van der Waals surface area contributed by atoms with Crippen molar-refractivity contribution in [2.75, 3.05) is 33.2 Å². The van der Waals surface area contributed by atoms with Gasteiger partial charge >= 0.3 is 0 Å². The van der Waals surface area contributed by atoms with Crippen LogP contribution in [0.25, 0.3) is 11.0 Å². The van der Waals surface area contributed by atoms with Crippen LogP contribution in [0, 0.1) is 6.92 Å². The minimum absolute atomic E-state index is 0.142. The molecule has 0 amide bonds. The molecule has 3 heterocycles. The fourth-order valence-corrected chi connectivity index (χ4v) is 6.92. The molecule has 0 spiro atoms. The molecule has 3 aromatic rings. The van der Waals surface area contributed by atoms with Gasteiger partial charge in [-0.2, -0.15) is 9.40 Å². The SMILES string of the molecule is CCCCCCCCCn1nc(C)c2c(=O)[nH]c(C(c3ccccc3)S(=O)(=O)N3CCN(C)CC3)nc21. The van der Waals surface area contributed by atoms with Gasteiger partial charge in [-0.1, -0.05) is 75.8 Å². The second-order valence-electron chi connectivity index (χ2n) is 10.1. The van der Waals surface area contributed by atoms with Crippen molar-refractivity contribution in [1.82, 2.24) is 29.0 Å². The summed E-state index contributed by atoms with van der Waals surface area (Å²) in [5, 5.41) is 3.93. The number of rotatable bonds is 12. The zero-order valence-electron chi connectivity index (χ0n) is 22.3. The van der Waals surface area contributed by atoms with Gasteiger partial charge in [-0.05, 0) is 26.0 Å². The minimum Gasteiger partial charge on any atom is -0.308 e. The van der Waals surface area contributed by atoms with E-state index in [9.17, 15) is 13.2 Å². The lowest BCUT2D eigenvalue weighted by atomic mass is 10.1. The molecule has 0 saturated carbocycles. The molecule has 1 aliphatic rings. The van der Waals surface area contributed by atoms with Crippen LogP contribution in [0.5, 0.6) is 0 Å². The van der Waals surface area contributed by atoms with Gasteiger partial charge in [0.25, 0.3) is 5.56 Å². The third kappa shape index (κ3) is 6.30. The molecule has 1 aromatic carbocycles. The molecule has 1 atom stereocenters. The zero-order chi connectivity index (χ0) is 26.4. The number of aryl methyl sites for hydroxylation is 2. The van der Waals surface area contributed by atoms with Gasteiger partial charge in [0.15, 0.2) is 10.9 Å². The van der Waals surface area contributed by atoms with E-state index < -0.39 is 15.3 Å². The van der Waals surface area contributed by atoms with Crippen molar-refractivity contribution in [2.24, 2.45) is 0 Å². The Kier molecular flexibility index (Phi) is 9.15. The number of nitrogens with zero attached hydrogens (tertiary/aromatic N) is 5. The highest BCUT2D eigenvalue weighted by Gasteiger charge is 2.38. The average Bonchev–Trinajstić information content (AvgIpc) is 3.20. The summed E-state index contributed by atoms with van der Waals surface area (Å²) in [6.45, 7) is 6.80. The van der Waals surface area contributed by atoms with Crippen molar-refractivity contribution < 1.29 is 8.42 Å². The summed E-state index contributed by atoms with van der Waals surface area (Å²) < 4.78 is 31.2. The lowest BCUT2D eigenvalue weighted by Gasteiger charge is -2.34. The third-order valence-corrected chi connectivity index (χ3v) is 9.42. The van der Waals surface area contributed by atoms with Crippen molar-refractivity contribution in [3.05, 3.63) is 57.8 Å². The topological polar surface area (TPSA) is 104 Å². The van der Waals surface area contributed by atoms with Crippen LogP contribution in [0.2, 0.25) is 0 Å². The third-order valence-electron chi connectivity index (χ3n) is 7.24. The van der Waals surface area contributed by atoms with Crippen LogP contribution in [-0.4, -0.2) is 70.6 Å². The van der Waals surface area contributed by atoms with E-state index >= 15 is 0 Å². The number of H-pyrrole nitrogens is 1. The molecule has 1 unspecified atom stereocenters. The van der Waals surface area contributed by atoms with E-state index in [4.69, 9.17) is 4.98 Å². The Hall–Kier alpha value is -2.56. The fraction of sp³-hybridized carbons (Fsp3) is 0.593. The fourth-order valence-electron chi connectivity index (χ4n) is 5.06. The summed E-state index contributed by atoms with van der Waals surface area (Å²) in [4.78, 5) is 22.9. The summed E-state index contributed by atoms with van der Waals surface area (Å²) in [5.41, 5.74) is 1.30. The molecule has 0 radical (unpaired) electrons. The van der Waals surface area contributed by atoms with Crippen molar-refractivity contribution in [3.63, 3.8) is 0 Å². The van der Waals surface area contributed by atoms with Gasteiger partial charge in [-0.25, -0.2) is 18.1 Å². The first-order valence-corrected chi connectivity index (χ1v) is 15.0. The second-order valence-corrected chi connectivity index (χ2v) is 12.1. The molecule has 37 heavy (non-hydrogen) atoms. The summed E-state index contributed by atoms with van der Waals surface area (Å²) in [6.07, 6.45) is 8.21. The van der Waals surface area contributed by atoms with Crippen LogP contribution in [0.15, 0.2) is 35.1 Å². The summed E-state index contributed by atoms with van der Waals surface area (Å²) in [6, 6.07) is 9.04. The van der Waals surface area contributed by atoms with E-state index in [0.717, 1.165) is 12.8 Å². The first-order valence-electron chi connectivity index (χ1n) is 13.5. The van der Waals surface area contributed by atoms with Crippen LogP contribution in [0.1, 0.15) is 74.2 Å². The summed E-state index contributed by atoms with van der Waals surface area (Å²) in [5.74, 6) is 0.142. The zero-order valence-corrected chi connectivity index (χ0v) is 23.1. The molecule has 1 saturated heterocycles. The number of fused-ring (bicyclic) bond motifs is 1. The Morgan fingerprint density at radius 2 is 1.62 bits per heavy atom.